The van der Waals surface area contributed by atoms with Gasteiger partial charge in [-0.3, -0.25) is 14.4 Å². The van der Waals surface area contributed by atoms with E-state index in [9.17, 15) is 27.6 Å². The van der Waals surface area contributed by atoms with Gasteiger partial charge in [-0.05, 0) is 32.0 Å². The van der Waals surface area contributed by atoms with E-state index in [1.54, 1.807) is 13.8 Å². The maximum absolute atomic E-state index is 12.5. The Morgan fingerprint density at radius 3 is 2.59 bits per heavy atom. The Hall–Kier alpha value is -2.29. The Morgan fingerprint density at radius 1 is 1.33 bits per heavy atom. The summed E-state index contributed by atoms with van der Waals surface area (Å²) in [7, 11) is 0. The lowest BCUT2D eigenvalue weighted by Crippen LogP contribution is -2.36. The number of nitrogens with one attached hydrogen (secondary N) is 2. The van der Waals surface area contributed by atoms with Crippen molar-refractivity contribution in [2.75, 3.05) is 18.4 Å². The van der Waals surface area contributed by atoms with E-state index in [0.717, 1.165) is 0 Å². The fraction of sp³-hybridized carbons (Fsp3) is 0.471. The molecular formula is C17H19ClF3N3O3. The third kappa shape index (κ3) is 5.85. The fourth-order valence-electron chi connectivity index (χ4n) is 2.66. The monoisotopic (exact) mass is 405 g/mol. The third-order valence-corrected chi connectivity index (χ3v) is 4.19. The quantitative estimate of drug-likeness (QED) is 0.790. The number of nitrogens with zero attached hydrogens (tertiary/aromatic N) is 1. The van der Waals surface area contributed by atoms with Crippen LogP contribution >= 0.6 is 11.6 Å². The lowest BCUT2D eigenvalue weighted by Gasteiger charge is -2.18. The van der Waals surface area contributed by atoms with Crippen molar-refractivity contribution in [3.8, 4) is 0 Å². The predicted octanol–water partition coefficient (Wildman–Crippen LogP) is 2.83. The normalized spacial score (nSPS) is 17.4. The molecule has 1 saturated heterocycles. The number of carbonyl (C=O) groups excluding carboxylic acids is 3. The minimum Gasteiger partial charge on any atom is -0.350 e. The van der Waals surface area contributed by atoms with Gasteiger partial charge in [-0.25, -0.2) is 0 Å². The average molecular weight is 406 g/mol. The zero-order valence-electron chi connectivity index (χ0n) is 14.7. The molecule has 1 heterocycles. The molecule has 1 aromatic rings. The van der Waals surface area contributed by atoms with Gasteiger partial charge in [0.05, 0.1) is 16.6 Å². The fourth-order valence-corrected chi connectivity index (χ4v) is 2.82. The summed E-state index contributed by atoms with van der Waals surface area (Å²) >= 11 is 6.03. The van der Waals surface area contributed by atoms with Crippen molar-refractivity contribution >= 4 is 35.0 Å². The molecule has 1 fully saturated rings. The van der Waals surface area contributed by atoms with Crippen LogP contribution in [-0.2, 0) is 9.59 Å². The van der Waals surface area contributed by atoms with E-state index in [1.165, 1.54) is 18.2 Å². The zero-order valence-corrected chi connectivity index (χ0v) is 15.4. The molecule has 3 amide bonds. The van der Waals surface area contributed by atoms with Crippen LogP contribution < -0.4 is 10.6 Å². The molecule has 2 N–H and O–H groups in total. The lowest BCUT2D eigenvalue weighted by atomic mass is 10.1. The molecule has 148 valence electrons. The molecule has 0 aliphatic carbocycles. The van der Waals surface area contributed by atoms with Crippen LogP contribution in [0, 0.1) is 5.92 Å². The van der Waals surface area contributed by atoms with Crippen LogP contribution in [0.15, 0.2) is 18.2 Å². The molecule has 0 aromatic heterocycles. The second kappa shape index (κ2) is 8.16. The van der Waals surface area contributed by atoms with Crippen LogP contribution in [0.5, 0.6) is 0 Å². The summed E-state index contributed by atoms with van der Waals surface area (Å²) in [5.74, 6) is -2.64. The number of benzene rings is 1. The molecule has 0 bridgehead atoms. The highest BCUT2D eigenvalue weighted by molar-refractivity contribution is 6.34. The van der Waals surface area contributed by atoms with Gasteiger partial charge in [-0.15, -0.1) is 0 Å². The molecular weight excluding hydrogens is 387 g/mol. The first-order valence-corrected chi connectivity index (χ1v) is 8.60. The van der Waals surface area contributed by atoms with Crippen molar-refractivity contribution in [3.05, 3.63) is 28.8 Å². The van der Waals surface area contributed by atoms with Crippen LogP contribution in [0.4, 0.5) is 18.9 Å². The van der Waals surface area contributed by atoms with E-state index >= 15 is 0 Å². The molecule has 27 heavy (non-hydrogen) atoms. The Morgan fingerprint density at radius 2 is 2.00 bits per heavy atom. The van der Waals surface area contributed by atoms with Gasteiger partial charge in [0.15, 0.2) is 0 Å². The highest BCUT2D eigenvalue weighted by Crippen LogP contribution is 2.27. The van der Waals surface area contributed by atoms with Gasteiger partial charge in [-0.2, -0.15) is 13.2 Å². The smallest absolute Gasteiger partial charge is 0.350 e. The molecule has 0 spiro atoms. The zero-order chi connectivity index (χ0) is 20.4. The van der Waals surface area contributed by atoms with E-state index in [2.05, 4.69) is 10.6 Å². The summed E-state index contributed by atoms with van der Waals surface area (Å²) in [5.41, 5.74) is 0.421. The Balaban J connectivity index is 2.07. The van der Waals surface area contributed by atoms with Crippen molar-refractivity contribution in [1.29, 1.82) is 0 Å². The summed E-state index contributed by atoms with van der Waals surface area (Å²) in [6.07, 6.45) is -4.84. The largest absolute Gasteiger partial charge is 0.406 e. The molecule has 6 nitrogen and oxygen atoms in total. The van der Waals surface area contributed by atoms with Crippen molar-refractivity contribution in [3.63, 3.8) is 0 Å². The van der Waals surface area contributed by atoms with Gasteiger partial charge >= 0.3 is 6.18 Å². The molecule has 1 aliphatic heterocycles. The average Bonchev–Trinajstić information content (AvgIpc) is 2.88. The molecule has 0 radical (unpaired) electrons. The molecule has 10 heteroatoms. The van der Waals surface area contributed by atoms with Crippen LogP contribution in [0.2, 0.25) is 5.02 Å². The predicted molar refractivity (Wildman–Crippen MR) is 93.4 cm³/mol. The first-order valence-electron chi connectivity index (χ1n) is 8.22. The summed E-state index contributed by atoms with van der Waals surface area (Å²) < 4.78 is 37.4. The number of hydrogen-bond donors (Lipinski definition) is 2. The Kier molecular flexibility index (Phi) is 6.35. The van der Waals surface area contributed by atoms with E-state index < -0.39 is 30.5 Å². The molecule has 1 unspecified atom stereocenters. The maximum atomic E-state index is 12.5. The highest BCUT2D eigenvalue weighted by atomic mass is 35.5. The summed E-state index contributed by atoms with van der Waals surface area (Å²) in [6.45, 7) is 1.87. The van der Waals surface area contributed by atoms with Gasteiger partial charge in [-0.1, -0.05) is 11.6 Å². The first kappa shape index (κ1) is 21.0. The van der Waals surface area contributed by atoms with Crippen molar-refractivity contribution in [2.45, 2.75) is 32.5 Å². The Bertz CT molecular complexity index is 753. The van der Waals surface area contributed by atoms with E-state index in [4.69, 9.17) is 11.6 Å². The summed E-state index contributed by atoms with van der Waals surface area (Å²) in [4.78, 5) is 36.7. The number of amides is 3. The van der Waals surface area contributed by atoms with Gasteiger partial charge in [0, 0.05) is 24.6 Å². The van der Waals surface area contributed by atoms with E-state index in [-0.39, 0.29) is 41.2 Å². The lowest BCUT2D eigenvalue weighted by molar-refractivity contribution is -0.157. The number of rotatable bonds is 5. The van der Waals surface area contributed by atoms with Gasteiger partial charge in [0.25, 0.3) is 5.91 Å². The minimum absolute atomic E-state index is 0.0877. The Labute approximate surface area is 159 Å². The number of halogens is 4. The van der Waals surface area contributed by atoms with Crippen LogP contribution in [0.3, 0.4) is 0 Å². The van der Waals surface area contributed by atoms with Crippen LogP contribution in [0.25, 0.3) is 0 Å². The summed E-state index contributed by atoms with van der Waals surface area (Å²) in [6, 6.07) is 4.21. The topological polar surface area (TPSA) is 78.5 Å². The molecule has 1 atom stereocenters. The van der Waals surface area contributed by atoms with Crippen LogP contribution in [0.1, 0.15) is 30.6 Å². The number of carbonyl (C=O) groups is 3. The minimum atomic E-state index is -4.53. The molecule has 0 saturated carbocycles. The standard InChI is InChI=1S/C17H19ClF3N3O3/c1-9(2)22-15(26)10-3-4-12(18)13(5-10)23-16(27)11-6-14(25)24(7-11)8-17(19,20)21/h3-5,9,11H,6-8H2,1-2H3,(H,22,26)(H,23,27). The molecule has 1 aliphatic rings. The third-order valence-electron chi connectivity index (χ3n) is 3.86. The van der Waals surface area contributed by atoms with Gasteiger partial charge < -0.3 is 15.5 Å². The van der Waals surface area contributed by atoms with E-state index in [0.29, 0.717) is 4.90 Å². The van der Waals surface area contributed by atoms with Crippen molar-refractivity contribution in [1.82, 2.24) is 10.2 Å². The van der Waals surface area contributed by atoms with E-state index in [1.807, 2.05) is 0 Å². The molecule has 2 rings (SSSR count). The van der Waals surface area contributed by atoms with Crippen LogP contribution in [-0.4, -0.2) is 47.9 Å². The number of alkyl halides is 3. The maximum Gasteiger partial charge on any atom is 0.406 e. The van der Waals surface area contributed by atoms with Crippen molar-refractivity contribution < 1.29 is 27.6 Å². The highest BCUT2D eigenvalue weighted by Gasteiger charge is 2.40. The number of hydrogen-bond acceptors (Lipinski definition) is 3. The number of anilines is 1. The second-order valence-corrected chi connectivity index (χ2v) is 7.01. The number of likely N-dealkylation sites (tertiary alicyclic amines) is 1. The second-order valence-electron chi connectivity index (χ2n) is 6.60. The first-order chi connectivity index (χ1) is 12.5. The molecule has 1 aromatic carbocycles. The van der Waals surface area contributed by atoms with Crippen molar-refractivity contribution in [2.24, 2.45) is 5.92 Å². The van der Waals surface area contributed by atoms with Gasteiger partial charge in [0.2, 0.25) is 11.8 Å². The SMILES string of the molecule is CC(C)NC(=O)c1ccc(Cl)c(NC(=O)C2CC(=O)N(CC(F)(F)F)C2)c1. The summed E-state index contributed by atoms with van der Waals surface area (Å²) in [5, 5.41) is 5.36. The van der Waals surface area contributed by atoms with Gasteiger partial charge in [0.1, 0.15) is 6.54 Å².